The lowest BCUT2D eigenvalue weighted by Gasteiger charge is -2.16. The van der Waals surface area contributed by atoms with E-state index in [0.717, 1.165) is 0 Å². The number of sulfone groups is 1. The van der Waals surface area contributed by atoms with Gasteiger partial charge >= 0.3 is 23.9 Å². The van der Waals surface area contributed by atoms with Crippen LogP contribution in [0.25, 0.3) is 0 Å². The number of benzene rings is 1. The summed E-state index contributed by atoms with van der Waals surface area (Å²) in [7, 11) is -3.21. The average molecular weight is 422 g/mol. The van der Waals surface area contributed by atoms with Gasteiger partial charge in [-0.2, -0.15) is 0 Å². The van der Waals surface area contributed by atoms with Crippen molar-refractivity contribution in [3.8, 4) is 0 Å². The van der Waals surface area contributed by atoms with Crippen LogP contribution in [0.5, 0.6) is 0 Å². The number of nitrogens with one attached hydrogen (secondary N) is 2. The Balaban J connectivity index is 1.55. The van der Waals surface area contributed by atoms with Crippen LogP contribution in [0.2, 0.25) is 0 Å². The molecule has 2 fully saturated rings. The average Bonchev–Trinajstić information content (AvgIpc) is 3.09. The van der Waals surface area contributed by atoms with Crippen LogP contribution in [0.1, 0.15) is 12.0 Å². The summed E-state index contributed by atoms with van der Waals surface area (Å²) in [6.45, 7) is -0.940. The molecule has 12 heteroatoms. The van der Waals surface area contributed by atoms with E-state index < -0.39 is 52.2 Å². The van der Waals surface area contributed by atoms with Crippen molar-refractivity contribution in [3.05, 3.63) is 35.9 Å². The first-order chi connectivity index (χ1) is 13.7. The van der Waals surface area contributed by atoms with Crippen molar-refractivity contribution >= 4 is 39.6 Å². The van der Waals surface area contributed by atoms with Gasteiger partial charge < -0.3 is 5.32 Å². The molecule has 0 radical (unpaired) electrons. The molecule has 1 aromatic carbocycles. The van der Waals surface area contributed by atoms with Crippen LogP contribution in [-0.2, 0) is 30.8 Å². The van der Waals surface area contributed by atoms with Crippen LogP contribution in [0, 0.1) is 0 Å². The smallest absolute Gasteiger partial charge is 0.334 e. The lowest BCUT2D eigenvalue weighted by Crippen LogP contribution is -2.49. The van der Waals surface area contributed by atoms with Crippen LogP contribution in [-0.4, -0.2) is 72.1 Å². The highest BCUT2D eigenvalue weighted by Gasteiger charge is 2.45. The Morgan fingerprint density at radius 3 is 2.31 bits per heavy atom. The maximum Gasteiger partial charge on any atom is 0.335 e. The molecule has 11 nitrogen and oxygen atoms in total. The Morgan fingerprint density at radius 1 is 1.03 bits per heavy atom. The number of rotatable bonds is 5. The summed E-state index contributed by atoms with van der Waals surface area (Å²) >= 11 is 0. The molecule has 0 spiro atoms. The van der Waals surface area contributed by atoms with Gasteiger partial charge in [0.1, 0.15) is 6.54 Å². The van der Waals surface area contributed by atoms with Crippen molar-refractivity contribution in [2.24, 2.45) is 0 Å². The Labute approximate surface area is 165 Å². The number of imide groups is 3. The molecule has 0 aliphatic carbocycles. The number of amides is 7. The number of nitrogens with zero attached hydrogens (tertiary/aromatic N) is 2. The van der Waals surface area contributed by atoms with Gasteiger partial charge in [-0.3, -0.25) is 24.6 Å². The van der Waals surface area contributed by atoms with Gasteiger partial charge in [0.25, 0.3) is 0 Å². The molecule has 0 aromatic heterocycles. The molecule has 1 atom stereocenters. The van der Waals surface area contributed by atoms with Crippen LogP contribution in [0.3, 0.4) is 0 Å². The Morgan fingerprint density at radius 2 is 1.69 bits per heavy atom. The van der Waals surface area contributed by atoms with E-state index in [2.05, 4.69) is 5.32 Å². The van der Waals surface area contributed by atoms with E-state index in [1.807, 2.05) is 5.32 Å². The maximum absolute atomic E-state index is 12.4. The van der Waals surface area contributed by atoms with Gasteiger partial charge in [-0.05, 0) is 12.0 Å². The maximum atomic E-state index is 12.4. The Hall–Kier alpha value is -3.28. The number of urea groups is 2. The van der Waals surface area contributed by atoms with Crippen LogP contribution in [0.15, 0.2) is 30.3 Å². The predicted octanol–water partition coefficient (Wildman–Crippen LogP) is -1.01. The standard InChI is InChI=1S/C17H18N4O7S/c22-13(19-16(25)18-12-6-7-29(27,28)10-12)9-21-15(24)14(23)20(17(21)26)8-11-4-2-1-3-5-11/h1-5,12H,6-10H2,(H2,18,19,22,25). The molecule has 3 rings (SSSR count). The molecule has 2 aliphatic rings. The SMILES string of the molecule is O=C(CN1C(=O)C(=O)N(Cc2ccccc2)C1=O)NC(=O)NC1CCS(=O)(=O)C1. The summed E-state index contributed by atoms with van der Waals surface area (Å²) in [4.78, 5) is 61.5. The highest BCUT2D eigenvalue weighted by Crippen LogP contribution is 2.16. The highest BCUT2D eigenvalue weighted by atomic mass is 32.2. The minimum atomic E-state index is -3.21. The van der Waals surface area contributed by atoms with E-state index in [1.165, 1.54) is 0 Å². The Bertz CT molecular complexity index is 977. The number of hydrogen-bond acceptors (Lipinski definition) is 7. The molecule has 2 saturated heterocycles. The first kappa shape index (κ1) is 20.5. The van der Waals surface area contributed by atoms with Gasteiger partial charge in [-0.25, -0.2) is 22.9 Å². The largest absolute Gasteiger partial charge is 0.335 e. The summed E-state index contributed by atoms with van der Waals surface area (Å²) in [5.74, 6) is -3.49. The number of carbonyl (C=O) groups excluding carboxylic acids is 5. The number of hydrogen-bond donors (Lipinski definition) is 2. The quantitative estimate of drug-likeness (QED) is 0.456. The summed E-state index contributed by atoms with van der Waals surface area (Å²) in [5.41, 5.74) is 0.624. The molecule has 0 saturated carbocycles. The zero-order chi connectivity index (χ0) is 21.2. The summed E-state index contributed by atoms with van der Waals surface area (Å²) in [6, 6.07) is 6.01. The first-order valence-corrected chi connectivity index (χ1v) is 10.5. The van der Waals surface area contributed by atoms with Gasteiger partial charge in [0.05, 0.1) is 18.1 Å². The van der Waals surface area contributed by atoms with Gasteiger partial charge in [0, 0.05) is 6.04 Å². The van der Waals surface area contributed by atoms with Gasteiger partial charge in [0.15, 0.2) is 9.84 Å². The molecule has 1 unspecified atom stereocenters. The van der Waals surface area contributed by atoms with Crippen molar-refractivity contribution < 1.29 is 32.4 Å². The second-order valence-electron chi connectivity index (χ2n) is 6.67. The normalized spacial score (nSPS) is 20.8. The lowest BCUT2D eigenvalue weighted by atomic mass is 10.2. The third-order valence-electron chi connectivity index (χ3n) is 4.44. The highest BCUT2D eigenvalue weighted by molar-refractivity contribution is 7.91. The van der Waals surface area contributed by atoms with E-state index in [0.29, 0.717) is 15.4 Å². The molecule has 29 heavy (non-hydrogen) atoms. The predicted molar refractivity (Wildman–Crippen MR) is 97.8 cm³/mol. The van der Waals surface area contributed by atoms with Gasteiger partial charge in [-0.15, -0.1) is 0 Å². The molecular formula is C17H18N4O7S. The van der Waals surface area contributed by atoms with Gasteiger partial charge in [0.2, 0.25) is 5.91 Å². The van der Waals surface area contributed by atoms with Crippen LogP contribution in [0.4, 0.5) is 9.59 Å². The van der Waals surface area contributed by atoms with E-state index >= 15 is 0 Å². The third kappa shape index (κ3) is 4.77. The number of carbonyl (C=O) groups is 5. The zero-order valence-corrected chi connectivity index (χ0v) is 16.0. The van der Waals surface area contributed by atoms with E-state index in [1.54, 1.807) is 30.3 Å². The summed E-state index contributed by atoms with van der Waals surface area (Å²) in [5, 5.41) is 4.27. The monoisotopic (exact) mass is 422 g/mol. The zero-order valence-electron chi connectivity index (χ0n) is 15.2. The fourth-order valence-electron chi connectivity index (χ4n) is 3.04. The molecule has 0 bridgehead atoms. The van der Waals surface area contributed by atoms with Crippen LogP contribution >= 0.6 is 0 Å². The molecule has 154 valence electrons. The minimum absolute atomic E-state index is 0.0535. The Kier molecular flexibility index (Phi) is 5.64. The molecule has 7 amide bonds. The molecule has 2 aliphatic heterocycles. The molecule has 2 heterocycles. The second kappa shape index (κ2) is 7.99. The molecule has 2 N–H and O–H groups in total. The fourth-order valence-corrected chi connectivity index (χ4v) is 4.71. The van der Waals surface area contributed by atoms with Crippen molar-refractivity contribution in [1.29, 1.82) is 0 Å². The summed E-state index contributed by atoms with van der Waals surface area (Å²) < 4.78 is 22.8. The first-order valence-electron chi connectivity index (χ1n) is 8.68. The molecule has 1 aromatic rings. The van der Waals surface area contributed by atoms with Crippen molar-refractivity contribution in [2.75, 3.05) is 18.1 Å². The third-order valence-corrected chi connectivity index (χ3v) is 6.21. The van der Waals surface area contributed by atoms with E-state index in [-0.39, 0.29) is 24.5 Å². The molecular weight excluding hydrogens is 404 g/mol. The van der Waals surface area contributed by atoms with E-state index in [4.69, 9.17) is 0 Å². The minimum Gasteiger partial charge on any atom is -0.334 e. The second-order valence-corrected chi connectivity index (χ2v) is 8.90. The van der Waals surface area contributed by atoms with Crippen LogP contribution < -0.4 is 10.6 Å². The van der Waals surface area contributed by atoms with Crippen molar-refractivity contribution in [3.63, 3.8) is 0 Å². The van der Waals surface area contributed by atoms with Crippen molar-refractivity contribution in [2.45, 2.75) is 19.0 Å². The summed E-state index contributed by atoms with van der Waals surface area (Å²) in [6.07, 6.45) is 0.232. The fraction of sp³-hybridized carbons (Fsp3) is 0.353. The topological polar surface area (TPSA) is 150 Å². The van der Waals surface area contributed by atoms with Crippen molar-refractivity contribution in [1.82, 2.24) is 20.4 Å². The van der Waals surface area contributed by atoms with E-state index in [9.17, 15) is 32.4 Å². The lowest BCUT2D eigenvalue weighted by molar-refractivity contribution is -0.144. The van der Waals surface area contributed by atoms with Gasteiger partial charge in [-0.1, -0.05) is 30.3 Å².